The van der Waals surface area contributed by atoms with Crippen LogP contribution in [0.4, 0.5) is 5.13 Å². The number of benzene rings is 1. The number of sulfonamides is 1. The van der Waals surface area contributed by atoms with Gasteiger partial charge in [-0.15, -0.1) is 11.3 Å². The van der Waals surface area contributed by atoms with E-state index in [9.17, 15) is 13.2 Å². The zero-order chi connectivity index (χ0) is 16.4. The number of aryl methyl sites for hydroxylation is 1. The monoisotopic (exact) mass is 351 g/mol. The lowest BCUT2D eigenvalue weighted by Gasteiger charge is -2.15. The summed E-state index contributed by atoms with van der Waals surface area (Å²) in [5, 5.41) is 5.02. The Kier molecular flexibility index (Phi) is 4.47. The molecule has 2 aromatic rings. The lowest BCUT2D eigenvalue weighted by Crippen LogP contribution is -2.28. The van der Waals surface area contributed by atoms with Crippen molar-refractivity contribution in [3.63, 3.8) is 0 Å². The Morgan fingerprint density at radius 2 is 2.04 bits per heavy atom. The van der Waals surface area contributed by atoms with E-state index in [0.29, 0.717) is 23.8 Å². The molecule has 0 radical (unpaired) electrons. The fraction of sp³-hybridized carbons (Fsp3) is 0.333. The van der Waals surface area contributed by atoms with Gasteiger partial charge in [-0.2, -0.15) is 4.31 Å². The van der Waals surface area contributed by atoms with Crippen molar-refractivity contribution in [1.82, 2.24) is 9.29 Å². The van der Waals surface area contributed by atoms with Crippen molar-refractivity contribution in [3.8, 4) is 0 Å². The van der Waals surface area contributed by atoms with E-state index in [0.717, 1.165) is 18.5 Å². The molecule has 6 nitrogen and oxygen atoms in total. The second kappa shape index (κ2) is 6.38. The minimum atomic E-state index is -3.52. The number of nitrogens with one attached hydrogen (secondary N) is 1. The number of thiazole rings is 1. The van der Waals surface area contributed by atoms with Crippen LogP contribution in [-0.2, 0) is 10.0 Å². The summed E-state index contributed by atoms with van der Waals surface area (Å²) in [6, 6.07) is 6.13. The molecule has 1 fully saturated rings. The molecule has 1 aromatic carbocycles. The minimum Gasteiger partial charge on any atom is -0.298 e. The van der Waals surface area contributed by atoms with Gasteiger partial charge in [0.25, 0.3) is 5.91 Å². The number of carbonyl (C=O) groups is 1. The van der Waals surface area contributed by atoms with Crippen LogP contribution in [0.3, 0.4) is 0 Å². The predicted octanol–water partition coefficient (Wildman–Crippen LogP) is 2.49. The number of hydrogen-bond donors (Lipinski definition) is 1. The summed E-state index contributed by atoms with van der Waals surface area (Å²) in [7, 11) is -3.52. The largest absolute Gasteiger partial charge is 0.298 e. The standard InChI is InChI=1S/C15H17N3O3S2/c1-11-10-22-15(16-11)17-14(19)12-5-4-6-13(9-12)23(20,21)18-7-2-3-8-18/h4-6,9-10H,2-3,7-8H2,1H3,(H,16,17,19). The smallest absolute Gasteiger partial charge is 0.257 e. The molecular weight excluding hydrogens is 334 g/mol. The van der Waals surface area contributed by atoms with Crippen molar-refractivity contribution in [2.45, 2.75) is 24.7 Å². The molecule has 1 amide bonds. The van der Waals surface area contributed by atoms with Gasteiger partial charge in [0, 0.05) is 24.0 Å². The highest BCUT2D eigenvalue weighted by Crippen LogP contribution is 2.22. The van der Waals surface area contributed by atoms with Crippen LogP contribution in [0.15, 0.2) is 34.5 Å². The van der Waals surface area contributed by atoms with Crippen molar-refractivity contribution >= 4 is 32.4 Å². The summed E-state index contributed by atoms with van der Waals surface area (Å²) in [6.45, 7) is 2.92. The number of anilines is 1. The van der Waals surface area contributed by atoms with Gasteiger partial charge in [-0.3, -0.25) is 10.1 Å². The average molecular weight is 351 g/mol. The molecular formula is C15H17N3O3S2. The summed E-state index contributed by atoms with van der Waals surface area (Å²) in [5.74, 6) is -0.363. The molecule has 122 valence electrons. The summed E-state index contributed by atoms with van der Waals surface area (Å²) in [5.41, 5.74) is 1.13. The van der Waals surface area contributed by atoms with Gasteiger partial charge in [-0.05, 0) is 38.0 Å². The number of carbonyl (C=O) groups excluding carboxylic acids is 1. The van der Waals surface area contributed by atoms with Crippen LogP contribution >= 0.6 is 11.3 Å². The van der Waals surface area contributed by atoms with Crippen LogP contribution in [0.25, 0.3) is 0 Å². The highest BCUT2D eigenvalue weighted by Gasteiger charge is 2.27. The van der Waals surface area contributed by atoms with Gasteiger partial charge in [-0.1, -0.05) is 6.07 Å². The zero-order valence-corrected chi connectivity index (χ0v) is 14.3. The lowest BCUT2D eigenvalue weighted by atomic mass is 10.2. The van der Waals surface area contributed by atoms with Gasteiger partial charge in [0.1, 0.15) is 0 Å². The molecule has 0 atom stereocenters. The molecule has 1 aliphatic rings. The zero-order valence-electron chi connectivity index (χ0n) is 12.7. The van der Waals surface area contributed by atoms with E-state index in [1.54, 1.807) is 12.1 Å². The topological polar surface area (TPSA) is 79.4 Å². The second-order valence-corrected chi connectivity index (χ2v) is 8.18. The summed E-state index contributed by atoms with van der Waals surface area (Å²) < 4.78 is 26.6. The molecule has 0 unspecified atom stereocenters. The molecule has 0 aliphatic carbocycles. The summed E-state index contributed by atoms with van der Waals surface area (Å²) >= 11 is 1.33. The SMILES string of the molecule is Cc1csc(NC(=O)c2cccc(S(=O)(=O)N3CCCC3)c2)n1. The van der Waals surface area contributed by atoms with E-state index in [1.165, 1.54) is 27.8 Å². The first-order chi connectivity index (χ1) is 11.0. The molecule has 1 saturated heterocycles. The number of nitrogens with zero attached hydrogens (tertiary/aromatic N) is 2. The molecule has 0 spiro atoms. The Hall–Kier alpha value is -1.77. The third-order valence-corrected chi connectivity index (χ3v) is 6.41. The van der Waals surface area contributed by atoms with Gasteiger partial charge in [0.05, 0.1) is 10.6 Å². The van der Waals surface area contributed by atoms with Gasteiger partial charge in [-0.25, -0.2) is 13.4 Å². The first-order valence-electron chi connectivity index (χ1n) is 7.30. The third-order valence-electron chi connectivity index (χ3n) is 3.64. The number of hydrogen-bond acceptors (Lipinski definition) is 5. The van der Waals surface area contributed by atoms with E-state index in [-0.39, 0.29) is 10.8 Å². The van der Waals surface area contributed by atoms with Crippen molar-refractivity contribution in [2.24, 2.45) is 0 Å². The van der Waals surface area contributed by atoms with Crippen molar-refractivity contribution in [1.29, 1.82) is 0 Å². The first kappa shape index (κ1) is 16.1. The second-order valence-electron chi connectivity index (χ2n) is 5.39. The van der Waals surface area contributed by atoms with E-state index >= 15 is 0 Å². The van der Waals surface area contributed by atoms with Crippen molar-refractivity contribution in [3.05, 3.63) is 40.9 Å². The Bertz CT molecular complexity index is 824. The highest BCUT2D eigenvalue weighted by atomic mass is 32.2. The number of rotatable bonds is 4. The van der Waals surface area contributed by atoms with Crippen LogP contribution in [0.2, 0.25) is 0 Å². The molecule has 8 heteroatoms. The number of aromatic nitrogens is 1. The van der Waals surface area contributed by atoms with Crippen molar-refractivity contribution in [2.75, 3.05) is 18.4 Å². The van der Waals surface area contributed by atoms with E-state index < -0.39 is 10.0 Å². The van der Waals surface area contributed by atoms with Crippen molar-refractivity contribution < 1.29 is 13.2 Å². The fourth-order valence-corrected chi connectivity index (χ4v) is 4.70. The van der Waals surface area contributed by atoms with Gasteiger partial charge in [0.15, 0.2) is 5.13 Å². The third kappa shape index (κ3) is 3.44. The number of amides is 1. The predicted molar refractivity (Wildman–Crippen MR) is 89.2 cm³/mol. The van der Waals surface area contributed by atoms with Crippen LogP contribution in [0.5, 0.6) is 0 Å². The van der Waals surface area contributed by atoms with Crippen LogP contribution < -0.4 is 5.32 Å². The Balaban J connectivity index is 1.83. The summed E-state index contributed by atoms with van der Waals surface area (Å²) in [6.07, 6.45) is 1.76. The van der Waals surface area contributed by atoms with Crippen LogP contribution in [0, 0.1) is 6.92 Å². The Morgan fingerprint density at radius 3 is 2.70 bits per heavy atom. The molecule has 23 heavy (non-hydrogen) atoms. The van der Waals surface area contributed by atoms with Gasteiger partial charge < -0.3 is 0 Å². The molecule has 3 rings (SSSR count). The van der Waals surface area contributed by atoms with Gasteiger partial charge >= 0.3 is 0 Å². The maximum absolute atomic E-state index is 12.6. The molecule has 1 aliphatic heterocycles. The Morgan fingerprint density at radius 1 is 1.30 bits per heavy atom. The quantitative estimate of drug-likeness (QED) is 0.918. The molecule has 1 aromatic heterocycles. The molecule has 2 heterocycles. The fourth-order valence-electron chi connectivity index (χ4n) is 2.46. The molecule has 0 bridgehead atoms. The lowest BCUT2D eigenvalue weighted by molar-refractivity contribution is 0.102. The van der Waals surface area contributed by atoms with E-state index in [2.05, 4.69) is 10.3 Å². The maximum atomic E-state index is 12.6. The molecule has 0 saturated carbocycles. The Labute approximate surface area is 139 Å². The average Bonchev–Trinajstić information content (AvgIpc) is 3.19. The maximum Gasteiger partial charge on any atom is 0.257 e. The first-order valence-corrected chi connectivity index (χ1v) is 9.62. The highest BCUT2D eigenvalue weighted by molar-refractivity contribution is 7.89. The van der Waals surface area contributed by atoms with E-state index in [4.69, 9.17) is 0 Å². The van der Waals surface area contributed by atoms with Crippen LogP contribution in [-0.4, -0.2) is 36.7 Å². The summed E-state index contributed by atoms with van der Waals surface area (Å²) in [4.78, 5) is 16.6. The minimum absolute atomic E-state index is 0.155. The van der Waals surface area contributed by atoms with Gasteiger partial charge in [0.2, 0.25) is 10.0 Å². The normalized spacial score (nSPS) is 15.7. The van der Waals surface area contributed by atoms with Crippen LogP contribution in [0.1, 0.15) is 28.9 Å². The van der Waals surface area contributed by atoms with E-state index in [1.807, 2.05) is 12.3 Å². The molecule has 1 N–H and O–H groups in total.